The van der Waals surface area contributed by atoms with Gasteiger partial charge in [0.1, 0.15) is 11.5 Å². The van der Waals surface area contributed by atoms with Gasteiger partial charge in [0.2, 0.25) is 0 Å². The summed E-state index contributed by atoms with van der Waals surface area (Å²) in [5.74, 6) is 0.184. The first-order valence-electron chi connectivity index (χ1n) is 6.25. The smallest absolute Gasteiger partial charge is 0.495 e. The summed E-state index contributed by atoms with van der Waals surface area (Å²) in [5, 5.41) is 0.451. The number of benzene rings is 2. The van der Waals surface area contributed by atoms with E-state index in [4.69, 9.17) is 22.1 Å². The standard InChI is InChI=1S/C15H13ClF3NO2/c1-21-13-8-10(4-7-12(13)16)14(20)9-2-5-11(6-3-9)22-15(17,18)19/h2-8,14H,20H2,1H3/t14-/m0/s1. The minimum Gasteiger partial charge on any atom is -0.495 e. The highest BCUT2D eigenvalue weighted by molar-refractivity contribution is 6.32. The van der Waals surface area contributed by atoms with Crippen molar-refractivity contribution in [3.63, 3.8) is 0 Å². The lowest BCUT2D eigenvalue weighted by atomic mass is 9.99. The first-order valence-corrected chi connectivity index (χ1v) is 6.62. The number of alkyl halides is 3. The van der Waals surface area contributed by atoms with Crippen LogP contribution in [0.3, 0.4) is 0 Å². The van der Waals surface area contributed by atoms with E-state index in [0.29, 0.717) is 16.3 Å². The summed E-state index contributed by atoms with van der Waals surface area (Å²) in [6.45, 7) is 0. The Hall–Kier alpha value is -1.92. The Morgan fingerprint density at radius 3 is 2.18 bits per heavy atom. The van der Waals surface area contributed by atoms with Crippen LogP contribution < -0.4 is 15.2 Å². The van der Waals surface area contributed by atoms with E-state index in [2.05, 4.69) is 4.74 Å². The fraction of sp³-hybridized carbons (Fsp3) is 0.200. The van der Waals surface area contributed by atoms with Gasteiger partial charge in [0, 0.05) is 0 Å². The van der Waals surface area contributed by atoms with E-state index in [-0.39, 0.29) is 5.75 Å². The average Bonchev–Trinajstić information content (AvgIpc) is 2.46. The molecule has 2 rings (SSSR count). The largest absolute Gasteiger partial charge is 0.573 e. The molecule has 2 N–H and O–H groups in total. The number of hydrogen-bond acceptors (Lipinski definition) is 3. The zero-order valence-corrected chi connectivity index (χ0v) is 12.3. The van der Waals surface area contributed by atoms with Gasteiger partial charge in [0.05, 0.1) is 18.2 Å². The van der Waals surface area contributed by atoms with Crippen molar-refractivity contribution in [2.45, 2.75) is 12.4 Å². The first kappa shape index (κ1) is 16.5. The number of methoxy groups -OCH3 is 1. The SMILES string of the molecule is COc1cc([C@@H](N)c2ccc(OC(F)(F)F)cc2)ccc1Cl. The molecule has 7 heteroatoms. The van der Waals surface area contributed by atoms with Crippen molar-refractivity contribution in [1.29, 1.82) is 0 Å². The van der Waals surface area contributed by atoms with E-state index in [1.807, 2.05) is 0 Å². The molecule has 22 heavy (non-hydrogen) atoms. The zero-order chi connectivity index (χ0) is 16.3. The van der Waals surface area contributed by atoms with Crippen LogP contribution in [-0.4, -0.2) is 13.5 Å². The van der Waals surface area contributed by atoms with Gasteiger partial charge >= 0.3 is 6.36 Å². The normalized spacial score (nSPS) is 12.8. The maximum absolute atomic E-state index is 12.1. The van der Waals surface area contributed by atoms with Crippen molar-refractivity contribution in [3.05, 3.63) is 58.6 Å². The molecule has 2 aromatic carbocycles. The fourth-order valence-electron chi connectivity index (χ4n) is 1.94. The summed E-state index contributed by atoms with van der Waals surface area (Å²) in [4.78, 5) is 0. The molecule has 3 nitrogen and oxygen atoms in total. The summed E-state index contributed by atoms with van der Waals surface area (Å²) in [5.41, 5.74) is 7.47. The van der Waals surface area contributed by atoms with Gasteiger partial charge in [0.25, 0.3) is 0 Å². The van der Waals surface area contributed by atoms with Crippen LogP contribution in [0.2, 0.25) is 5.02 Å². The summed E-state index contributed by atoms with van der Waals surface area (Å²) in [7, 11) is 1.49. The lowest BCUT2D eigenvalue weighted by molar-refractivity contribution is -0.274. The van der Waals surface area contributed by atoms with Gasteiger partial charge in [-0.25, -0.2) is 0 Å². The third-order valence-corrected chi connectivity index (χ3v) is 3.32. The van der Waals surface area contributed by atoms with E-state index < -0.39 is 12.4 Å². The van der Waals surface area contributed by atoms with Gasteiger partial charge in [-0.3, -0.25) is 0 Å². The lowest BCUT2D eigenvalue weighted by Crippen LogP contribution is -2.17. The second-order valence-corrected chi connectivity index (χ2v) is 4.90. The molecule has 0 aliphatic rings. The molecule has 0 saturated carbocycles. The van der Waals surface area contributed by atoms with Crippen LogP contribution in [0.5, 0.6) is 11.5 Å². The van der Waals surface area contributed by atoms with Crippen LogP contribution in [0, 0.1) is 0 Å². The van der Waals surface area contributed by atoms with Gasteiger partial charge < -0.3 is 15.2 Å². The van der Waals surface area contributed by atoms with Crippen LogP contribution in [0.25, 0.3) is 0 Å². The Morgan fingerprint density at radius 2 is 1.64 bits per heavy atom. The van der Waals surface area contributed by atoms with Crippen LogP contribution in [0.1, 0.15) is 17.2 Å². The van der Waals surface area contributed by atoms with Crippen molar-refractivity contribution in [2.24, 2.45) is 5.73 Å². The number of hydrogen-bond donors (Lipinski definition) is 1. The molecule has 2 aromatic rings. The van der Waals surface area contributed by atoms with E-state index in [1.165, 1.54) is 31.4 Å². The average molecular weight is 332 g/mol. The Labute approximate surface area is 130 Å². The van der Waals surface area contributed by atoms with Gasteiger partial charge in [0.15, 0.2) is 0 Å². The molecule has 1 atom stereocenters. The molecule has 0 unspecified atom stereocenters. The third-order valence-electron chi connectivity index (χ3n) is 3.01. The number of ether oxygens (including phenoxy) is 2. The Morgan fingerprint density at radius 1 is 1.05 bits per heavy atom. The van der Waals surface area contributed by atoms with Crippen molar-refractivity contribution >= 4 is 11.6 Å². The van der Waals surface area contributed by atoms with Crippen LogP contribution in [0.15, 0.2) is 42.5 Å². The minimum absolute atomic E-state index is 0.294. The molecule has 0 radical (unpaired) electrons. The Kier molecular flexibility index (Phi) is 4.83. The summed E-state index contributed by atoms with van der Waals surface area (Å²) in [6, 6.07) is 9.94. The monoisotopic (exact) mass is 331 g/mol. The van der Waals surface area contributed by atoms with Crippen LogP contribution >= 0.6 is 11.6 Å². The number of rotatable bonds is 4. The van der Waals surface area contributed by atoms with Crippen LogP contribution in [-0.2, 0) is 0 Å². The maximum atomic E-state index is 12.1. The van der Waals surface area contributed by atoms with E-state index >= 15 is 0 Å². The molecular weight excluding hydrogens is 319 g/mol. The van der Waals surface area contributed by atoms with Crippen molar-refractivity contribution in [1.82, 2.24) is 0 Å². The highest BCUT2D eigenvalue weighted by atomic mass is 35.5. The summed E-state index contributed by atoms with van der Waals surface area (Å²) < 4.78 is 45.3. The molecule has 0 aromatic heterocycles. The van der Waals surface area contributed by atoms with E-state index in [9.17, 15) is 13.2 Å². The first-order chi connectivity index (χ1) is 10.3. The molecule has 0 heterocycles. The van der Waals surface area contributed by atoms with Gasteiger partial charge in [-0.15, -0.1) is 13.2 Å². The number of nitrogens with two attached hydrogens (primary N) is 1. The predicted molar refractivity (Wildman–Crippen MR) is 77.2 cm³/mol. The van der Waals surface area contributed by atoms with Gasteiger partial charge in [-0.05, 0) is 35.4 Å². The molecule has 0 spiro atoms. The molecule has 0 bridgehead atoms. The second-order valence-electron chi connectivity index (χ2n) is 4.49. The highest BCUT2D eigenvalue weighted by Gasteiger charge is 2.31. The molecule has 0 amide bonds. The third kappa shape index (κ3) is 4.05. The predicted octanol–water partition coefficient (Wildman–Crippen LogP) is 4.30. The second kappa shape index (κ2) is 6.46. The molecular formula is C15H13ClF3NO2. The molecule has 0 aliphatic carbocycles. The number of halogens is 4. The van der Waals surface area contributed by atoms with E-state index in [0.717, 1.165) is 5.56 Å². The fourth-order valence-corrected chi connectivity index (χ4v) is 2.13. The van der Waals surface area contributed by atoms with Crippen molar-refractivity contribution in [3.8, 4) is 11.5 Å². The van der Waals surface area contributed by atoms with Crippen molar-refractivity contribution in [2.75, 3.05) is 7.11 Å². The van der Waals surface area contributed by atoms with Crippen molar-refractivity contribution < 1.29 is 22.6 Å². The maximum Gasteiger partial charge on any atom is 0.573 e. The Bertz CT molecular complexity index is 644. The molecule has 0 aliphatic heterocycles. The Balaban J connectivity index is 2.21. The lowest BCUT2D eigenvalue weighted by Gasteiger charge is -2.15. The summed E-state index contributed by atoms with van der Waals surface area (Å²) >= 11 is 5.94. The minimum atomic E-state index is -4.72. The molecule has 0 saturated heterocycles. The quantitative estimate of drug-likeness (QED) is 0.908. The van der Waals surface area contributed by atoms with Gasteiger partial charge in [-0.2, -0.15) is 0 Å². The van der Waals surface area contributed by atoms with Crippen LogP contribution in [0.4, 0.5) is 13.2 Å². The summed E-state index contributed by atoms with van der Waals surface area (Å²) in [6.07, 6.45) is -4.72. The molecule has 0 fully saturated rings. The topological polar surface area (TPSA) is 44.5 Å². The zero-order valence-electron chi connectivity index (χ0n) is 11.5. The van der Waals surface area contributed by atoms with Gasteiger partial charge in [-0.1, -0.05) is 29.8 Å². The highest BCUT2D eigenvalue weighted by Crippen LogP contribution is 2.30. The molecule has 118 valence electrons. The van der Waals surface area contributed by atoms with E-state index in [1.54, 1.807) is 18.2 Å².